The molecule has 0 aromatic carbocycles. The lowest BCUT2D eigenvalue weighted by Crippen LogP contribution is -1.90. The Hall–Kier alpha value is -2.38. The average molecular weight is 292 g/mol. The Morgan fingerprint density at radius 3 is 1.14 bits per heavy atom. The van der Waals surface area contributed by atoms with E-state index in [2.05, 4.69) is 39.5 Å². The molecule has 3 rings (SSSR count). The number of hydrogen-bond acceptors (Lipinski definition) is 8. The summed E-state index contributed by atoms with van der Waals surface area (Å²) in [5, 5.41) is 14.7. The van der Waals surface area contributed by atoms with Crippen LogP contribution in [0.1, 0.15) is 43.7 Å². The molecule has 2 aromatic rings. The third kappa shape index (κ3) is 7.09. The largest absolute Gasteiger partial charge is 0.340 e. The van der Waals surface area contributed by atoms with Crippen molar-refractivity contribution in [2.45, 2.75) is 48.0 Å². The molecule has 0 unspecified atom stereocenters. The summed E-state index contributed by atoms with van der Waals surface area (Å²) in [4.78, 5) is 7.67. The fraction of sp³-hybridized carbons (Fsp3) is 0.538. The normalized spacial score (nSPS) is 12.7. The zero-order valence-corrected chi connectivity index (χ0v) is 13.2. The first-order valence-electron chi connectivity index (χ1n) is 6.47. The van der Waals surface area contributed by atoms with Crippen LogP contribution in [-0.2, 0) is 0 Å². The summed E-state index contributed by atoms with van der Waals surface area (Å²) < 4.78 is 9.21. The smallest absolute Gasteiger partial charge is 0.223 e. The zero-order chi connectivity index (χ0) is 15.8. The van der Waals surface area contributed by atoms with Crippen LogP contribution in [0.25, 0.3) is 0 Å². The van der Waals surface area contributed by atoms with Crippen LogP contribution in [0.5, 0.6) is 0 Å². The van der Waals surface area contributed by atoms with Crippen LogP contribution in [0, 0.1) is 27.7 Å². The van der Waals surface area contributed by atoms with E-state index in [1.807, 2.05) is 13.8 Å². The molecule has 0 atom stereocenters. The molecule has 8 heteroatoms. The van der Waals surface area contributed by atoms with E-state index in [1.54, 1.807) is 27.7 Å². The van der Waals surface area contributed by atoms with Gasteiger partial charge in [-0.25, -0.2) is 0 Å². The summed E-state index contributed by atoms with van der Waals surface area (Å²) in [6.07, 6.45) is 0.972. The average Bonchev–Trinajstić information content (AvgIpc) is 3.06. The number of hydrogen-bond donors (Lipinski definition) is 0. The van der Waals surface area contributed by atoms with Gasteiger partial charge in [0.15, 0.2) is 11.6 Å². The van der Waals surface area contributed by atoms with Gasteiger partial charge in [-0.15, -0.1) is 0 Å². The second kappa shape index (κ2) is 8.03. The third-order valence-corrected chi connectivity index (χ3v) is 2.16. The molecule has 0 amide bonds. The highest BCUT2D eigenvalue weighted by molar-refractivity contribution is 6.05. The minimum Gasteiger partial charge on any atom is -0.340 e. The molecular weight excluding hydrogens is 272 g/mol. The maximum absolute atomic E-state index is 4.60. The van der Waals surface area contributed by atoms with E-state index in [1.165, 1.54) is 0 Å². The maximum atomic E-state index is 4.60. The molecule has 0 fully saturated rings. The van der Waals surface area contributed by atoms with Crippen molar-refractivity contribution in [1.82, 2.24) is 20.3 Å². The van der Waals surface area contributed by atoms with Gasteiger partial charge < -0.3 is 9.05 Å². The second-order valence-electron chi connectivity index (χ2n) is 4.57. The molecule has 0 aliphatic carbocycles. The van der Waals surface area contributed by atoms with E-state index in [9.17, 15) is 0 Å². The molecule has 2 aromatic heterocycles. The van der Waals surface area contributed by atoms with Crippen LogP contribution in [-0.4, -0.2) is 31.7 Å². The van der Waals surface area contributed by atoms with Gasteiger partial charge in [0.1, 0.15) is 0 Å². The first-order valence-corrected chi connectivity index (χ1v) is 6.47. The molecule has 0 saturated carbocycles. The van der Waals surface area contributed by atoms with Crippen molar-refractivity contribution in [3.05, 3.63) is 23.4 Å². The first-order chi connectivity index (χ1) is 9.86. The summed E-state index contributed by atoms with van der Waals surface area (Å²) in [7, 11) is 0. The van der Waals surface area contributed by atoms with Gasteiger partial charge in [-0.3, -0.25) is 0 Å². The molecule has 8 nitrogen and oxygen atoms in total. The lowest BCUT2D eigenvalue weighted by Gasteiger charge is -1.80. The Bertz CT molecular complexity index is 539. The van der Waals surface area contributed by atoms with Gasteiger partial charge in [-0.05, 0) is 27.7 Å². The Morgan fingerprint density at radius 2 is 1.05 bits per heavy atom. The molecule has 0 N–H and O–H groups in total. The van der Waals surface area contributed by atoms with Crippen molar-refractivity contribution in [1.29, 1.82) is 0 Å². The molecule has 0 saturated heterocycles. The fourth-order valence-corrected chi connectivity index (χ4v) is 1.41. The molecular formula is C13H20N6O2. The summed E-state index contributed by atoms with van der Waals surface area (Å²) in [6.45, 7) is 11.1. The number of rotatable bonds is 0. The SMILES string of the molecule is CC1=NN=C(C)C1.Cc1noc(C)n1.Cc1noc(C)n1. The fourth-order valence-electron chi connectivity index (χ4n) is 1.41. The Kier molecular flexibility index (Phi) is 6.38. The van der Waals surface area contributed by atoms with Gasteiger partial charge >= 0.3 is 0 Å². The van der Waals surface area contributed by atoms with Crippen molar-refractivity contribution in [2.24, 2.45) is 10.2 Å². The number of aryl methyl sites for hydroxylation is 4. The van der Waals surface area contributed by atoms with E-state index in [0.29, 0.717) is 23.4 Å². The van der Waals surface area contributed by atoms with Crippen LogP contribution >= 0.6 is 0 Å². The van der Waals surface area contributed by atoms with Crippen LogP contribution in [0.3, 0.4) is 0 Å². The predicted octanol–water partition coefficient (Wildman–Crippen LogP) is 2.60. The molecule has 0 radical (unpaired) electrons. The standard InChI is InChI=1S/C5H8N2.2C4H6N2O/c1-4-3-5(2)7-6-4;2*1-3-5-4(2)7-6-3/h3H2,1-2H3;2*1-2H3. The van der Waals surface area contributed by atoms with Crippen LogP contribution in [0.2, 0.25) is 0 Å². The molecule has 3 heterocycles. The Morgan fingerprint density at radius 1 is 0.667 bits per heavy atom. The molecule has 0 bridgehead atoms. The maximum Gasteiger partial charge on any atom is 0.223 e. The summed E-state index contributed by atoms with van der Waals surface area (Å²) >= 11 is 0. The van der Waals surface area contributed by atoms with Gasteiger partial charge in [0.25, 0.3) is 0 Å². The third-order valence-electron chi connectivity index (χ3n) is 2.16. The number of aromatic nitrogens is 4. The van der Waals surface area contributed by atoms with E-state index >= 15 is 0 Å². The molecule has 1 aliphatic heterocycles. The highest BCUT2D eigenvalue weighted by atomic mass is 16.5. The van der Waals surface area contributed by atoms with Crippen molar-refractivity contribution in [3.63, 3.8) is 0 Å². The van der Waals surface area contributed by atoms with Crippen molar-refractivity contribution in [3.8, 4) is 0 Å². The molecule has 1 aliphatic rings. The minimum atomic E-state index is 0.623. The second-order valence-corrected chi connectivity index (χ2v) is 4.57. The van der Waals surface area contributed by atoms with E-state index < -0.39 is 0 Å². The summed E-state index contributed by atoms with van der Waals surface area (Å²) in [5.74, 6) is 2.63. The minimum absolute atomic E-state index is 0.623. The number of nitrogens with zero attached hydrogens (tertiary/aromatic N) is 6. The van der Waals surface area contributed by atoms with E-state index in [-0.39, 0.29) is 0 Å². The van der Waals surface area contributed by atoms with Gasteiger partial charge in [-0.1, -0.05) is 10.3 Å². The molecule has 0 spiro atoms. The van der Waals surface area contributed by atoms with Gasteiger partial charge in [-0.2, -0.15) is 20.2 Å². The van der Waals surface area contributed by atoms with Crippen molar-refractivity contribution >= 4 is 11.4 Å². The first kappa shape index (κ1) is 16.7. The predicted molar refractivity (Wildman–Crippen MR) is 78.4 cm³/mol. The lowest BCUT2D eigenvalue weighted by atomic mass is 10.2. The molecule has 21 heavy (non-hydrogen) atoms. The van der Waals surface area contributed by atoms with Crippen molar-refractivity contribution in [2.75, 3.05) is 0 Å². The van der Waals surface area contributed by atoms with Gasteiger partial charge in [0.2, 0.25) is 11.8 Å². The van der Waals surface area contributed by atoms with Crippen LogP contribution in [0.4, 0.5) is 0 Å². The monoisotopic (exact) mass is 292 g/mol. The van der Waals surface area contributed by atoms with E-state index in [0.717, 1.165) is 17.8 Å². The van der Waals surface area contributed by atoms with Gasteiger partial charge in [0, 0.05) is 31.7 Å². The highest BCUT2D eigenvalue weighted by Crippen LogP contribution is 1.99. The zero-order valence-electron chi connectivity index (χ0n) is 13.2. The lowest BCUT2D eigenvalue weighted by molar-refractivity contribution is 0.389. The Labute approximate surface area is 123 Å². The van der Waals surface area contributed by atoms with Crippen LogP contribution in [0.15, 0.2) is 19.2 Å². The topological polar surface area (TPSA) is 103 Å². The van der Waals surface area contributed by atoms with Gasteiger partial charge in [0.05, 0.1) is 0 Å². The summed E-state index contributed by atoms with van der Waals surface area (Å²) in [6, 6.07) is 0. The van der Waals surface area contributed by atoms with E-state index in [4.69, 9.17) is 0 Å². The Balaban J connectivity index is 0.000000157. The summed E-state index contributed by atoms with van der Waals surface area (Å²) in [5.41, 5.74) is 2.25. The van der Waals surface area contributed by atoms with Crippen molar-refractivity contribution < 1.29 is 9.05 Å². The highest BCUT2D eigenvalue weighted by Gasteiger charge is 2.00. The molecule has 114 valence electrons. The van der Waals surface area contributed by atoms with Crippen LogP contribution < -0.4 is 0 Å². The quantitative estimate of drug-likeness (QED) is 0.739.